The molecule has 0 unspecified atom stereocenters. The van der Waals surface area contributed by atoms with E-state index in [0.29, 0.717) is 30.5 Å². The van der Waals surface area contributed by atoms with Crippen LogP contribution in [0.1, 0.15) is 37.6 Å². The molecule has 0 bridgehead atoms. The van der Waals surface area contributed by atoms with Crippen molar-refractivity contribution < 1.29 is 28.2 Å². The van der Waals surface area contributed by atoms with Crippen LogP contribution in [0, 0.1) is 5.92 Å². The summed E-state index contributed by atoms with van der Waals surface area (Å²) in [5.41, 5.74) is 0.904. The van der Waals surface area contributed by atoms with E-state index in [1.54, 1.807) is 12.1 Å². The van der Waals surface area contributed by atoms with Crippen molar-refractivity contribution in [2.45, 2.75) is 26.3 Å². The van der Waals surface area contributed by atoms with Gasteiger partial charge in [-0.3, -0.25) is 4.79 Å². The second kappa shape index (κ2) is 9.82. The highest BCUT2D eigenvalue weighted by Crippen LogP contribution is 2.34. The summed E-state index contributed by atoms with van der Waals surface area (Å²) in [5.74, 6) is 1.04. The minimum atomic E-state index is -0.617. The van der Waals surface area contributed by atoms with Crippen LogP contribution in [0.2, 0.25) is 0 Å². The van der Waals surface area contributed by atoms with Gasteiger partial charge in [0.2, 0.25) is 0 Å². The molecule has 154 valence electrons. The largest absolute Gasteiger partial charge is 0.490 e. The third-order valence-corrected chi connectivity index (χ3v) is 4.39. The van der Waals surface area contributed by atoms with E-state index in [1.165, 1.54) is 18.4 Å². The van der Waals surface area contributed by atoms with Crippen LogP contribution in [-0.2, 0) is 14.3 Å². The average molecular weight is 399 g/mol. The molecule has 1 amide bonds. The highest BCUT2D eigenvalue weighted by molar-refractivity contribution is 5.89. The third-order valence-electron chi connectivity index (χ3n) is 4.39. The van der Waals surface area contributed by atoms with Crippen LogP contribution in [0.3, 0.4) is 0 Å². The molecule has 7 nitrogen and oxygen atoms in total. The Morgan fingerprint density at radius 1 is 1.17 bits per heavy atom. The fraction of sp³-hybridized carbons (Fsp3) is 0.364. The minimum absolute atomic E-state index is 0.123. The van der Waals surface area contributed by atoms with Crippen molar-refractivity contribution in [3.63, 3.8) is 0 Å². The van der Waals surface area contributed by atoms with Gasteiger partial charge in [0, 0.05) is 12.5 Å². The molecule has 1 aromatic heterocycles. The first-order valence-corrected chi connectivity index (χ1v) is 9.60. The smallest absolute Gasteiger partial charge is 0.331 e. The van der Waals surface area contributed by atoms with Gasteiger partial charge in [-0.05, 0) is 41.8 Å². The molecule has 1 aromatic carbocycles. The molecule has 1 aliphatic rings. The molecule has 0 radical (unpaired) electrons. The number of rotatable bonds is 7. The highest BCUT2D eigenvalue weighted by Gasteiger charge is 2.21. The van der Waals surface area contributed by atoms with Crippen molar-refractivity contribution in [3.05, 3.63) is 54.0 Å². The van der Waals surface area contributed by atoms with Crippen molar-refractivity contribution in [3.8, 4) is 11.5 Å². The predicted octanol–water partition coefficient (Wildman–Crippen LogP) is 3.51. The Bertz CT molecular complexity index is 856. The van der Waals surface area contributed by atoms with Crippen LogP contribution in [-0.4, -0.2) is 31.7 Å². The number of carbonyl (C=O) groups is 2. The number of benzene rings is 1. The summed E-state index contributed by atoms with van der Waals surface area (Å²) in [7, 11) is 0. The Balaban J connectivity index is 1.58. The number of amides is 1. The van der Waals surface area contributed by atoms with Crippen LogP contribution in [0.25, 0.3) is 6.08 Å². The zero-order valence-corrected chi connectivity index (χ0v) is 16.6. The van der Waals surface area contributed by atoms with Gasteiger partial charge in [-0.1, -0.05) is 19.9 Å². The Labute approximate surface area is 169 Å². The fourth-order valence-corrected chi connectivity index (χ4v) is 2.94. The molecule has 1 aliphatic heterocycles. The number of hydrogen-bond acceptors (Lipinski definition) is 6. The number of nitrogens with one attached hydrogen (secondary N) is 1. The lowest BCUT2D eigenvalue weighted by Crippen LogP contribution is -2.34. The van der Waals surface area contributed by atoms with Crippen LogP contribution < -0.4 is 14.8 Å². The quantitative estimate of drug-likeness (QED) is 0.566. The molecule has 0 saturated carbocycles. The Morgan fingerprint density at radius 3 is 2.69 bits per heavy atom. The van der Waals surface area contributed by atoms with Gasteiger partial charge in [0.25, 0.3) is 5.91 Å². The van der Waals surface area contributed by atoms with E-state index in [9.17, 15) is 9.59 Å². The van der Waals surface area contributed by atoms with Crippen LogP contribution in [0.4, 0.5) is 0 Å². The van der Waals surface area contributed by atoms with E-state index >= 15 is 0 Å². The molecule has 29 heavy (non-hydrogen) atoms. The molecular weight excluding hydrogens is 374 g/mol. The number of fused-ring (bicyclic) bond motifs is 1. The molecule has 1 N–H and O–H groups in total. The van der Waals surface area contributed by atoms with E-state index < -0.39 is 5.97 Å². The molecular formula is C22H25NO6. The molecule has 0 fully saturated rings. The SMILES string of the molecule is CC(C)[C@H](NC(=O)COC(=O)/C=C/c1ccco1)c1ccc2c(c1)OCCCO2. The van der Waals surface area contributed by atoms with Crippen molar-refractivity contribution in [1.29, 1.82) is 0 Å². The maximum atomic E-state index is 12.3. The van der Waals surface area contributed by atoms with Crippen molar-refractivity contribution >= 4 is 18.0 Å². The number of ether oxygens (including phenoxy) is 3. The van der Waals surface area contributed by atoms with E-state index in [2.05, 4.69) is 5.32 Å². The van der Waals surface area contributed by atoms with E-state index in [4.69, 9.17) is 18.6 Å². The van der Waals surface area contributed by atoms with Gasteiger partial charge < -0.3 is 23.9 Å². The average Bonchev–Trinajstić information content (AvgIpc) is 3.12. The monoisotopic (exact) mass is 399 g/mol. The first-order valence-electron chi connectivity index (χ1n) is 9.60. The Morgan fingerprint density at radius 2 is 1.97 bits per heavy atom. The first-order chi connectivity index (χ1) is 14.0. The number of furan rings is 1. The van der Waals surface area contributed by atoms with Crippen LogP contribution in [0.5, 0.6) is 11.5 Å². The topological polar surface area (TPSA) is 87.0 Å². The second-order valence-electron chi connectivity index (χ2n) is 7.00. The van der Waals surface area contributed by atoms with Crippen LogP contribution in [0.15, 0.2) is 47.1 Å². The summed E-state index contributed by atoms with van der Waals surface area (Å²) in [5, 5.41) is 2.93. The zero-order valence-electron chi connectivity index (χ0n) is 16.6. The molecule has 2 aromatic rings. The summed E-state index contributed by atoms with van der Waals surface area (Å²) < 4.78 is 21.5. The Kier molecular flexibility index (Phi) is 6.94. The van der Waals surface area contributed by atoms with Gasteiger partial charge >= 0.3 is 5.97 Å². The molecule has 0 spiro atoms. The van der Waals surface area contributed by atoms with Gasteiger partial charge in [0.05, 0.1) is 25.5 Å². The lowest BCUT2D eigenvalue weighted by molar-refractivity contribution is -0.144. The first kappa shape index (κ1) is 20.5. The standard InChI is InChI=1S/C22H25NO6/c1-15(2)22(16-6-8-18-19(13-16)28-12-4-11-27-18)23-20(24)14-29-21(25)9-7-17-5-3-10-26-17/h3,5-10,13,15,22H,4,11-12,14H2,1-2H3,(H,23,24)/b9-7+/t22-/m0/s1. The van der Waals surface area contributed by atoms with Gasteiger partial charge in [0.1, 0.15) is 5.76 Å². The maximum absolute atomic E-state index is 12.3. The summed E-state index contributed by atoms with van der Waals surface area (Å²) in [6.45, 7) is 4.86. The normalized spacial score (nSPS) is 14.4. The van der Waals surface area contributed by atoms with Crippen LogP contribution >= 0.6 is 0 Å². The fourth-order valence-electron chi connectivity index (χ4n) is 2.94. The predicted molar refractivity (Wildman–Crippen MR) is 106 cm³/mol. The maximum Gasteiger partial charge on any atom is 0.331 e. The number of carbonyl (C=O) groups excluding carboxylic acids is 2. The Hall–Kier alpha value is -3.22. The lowest BCUT2D eigenvalue weighted by atomic mass is 9.95. The summed E-state index contributed by atoms with van der Waals surface area (Å²) in [6, 6.07) is 8.83. The molecule has 0 saturated heterocycles. The third kappa shape index (κ3) is 5.88. The molecule has 7 heteroatoms. The highest BCUT2D eigenvalue weighted by atomic mass is 16.5. The number of hydrogen-bond donors (Lipinski definition) is 1. The van der Waals surface area contributed by atoms with Gasteiger partial charge in [-0.2, -0.15) is 0 Å². The van der Waals surface area contributed by atoms with Gasteiger partial charge in [-0.15, -0.1) is 0 Å². The molecule has 0 aliphatic carbocycles. The van der Waals surface area contributed by atoms with Crippen molar-refractivity contribution in [2.75, 3.05) is 19.8 Å². The minimum Gasteiger partial charge on any atom is -0.490 e. The zero-order chi connectivity index (χ0) is 20.6. The summed E-state index contributed by atoms with van der Waals surface area (Å²) in [4.78, 5) is 24.1. The number of esters is 1. The second-order valence-corrected chi connectivity index (χ2v) is 7.00. The lowest BCUT2D eigenvalue weighted by Gasteiger charge is -2.23. The molecule has 3 rings (SSSR count). The summed E-state index contributed by atoms with van der Waals surface area (Å²) in [6.07, 6.45) is 5.03. The molecule has 1 atom stereocenters. The van der Waals surface area contributed by atoms with Crippen molar-refractivity contribution in [2.24, 2.45) is 5.92 Å². The van der Waals surface area contributed by atoms with Crippen molar-refractivity contribution in [1.82, 2.24) is 5.32 Å². The van der Waals surface area contributed by atoms with Gasteiger partial charge in [-0.25, -0.2) is 4.79 Å². The molecule has 2 heterocycles. The van der Waals surface area contributed by atoms with E-state index in [-0.39, 0.29) is 24.5 Å². The van der Waals surface area contributed by atoms with Gasteiger partial charge in [0.15, 0.2) is 18.1 Å². The van der Waals surface area contributed by atoms with E-state index in [1.807, 2.05) is 32.0 Å². The van der Waals surface area contributed by atoms with E-state index in [0.717, 1.165) is 12.0 Å². The summed E-state index contributed by atoms with van der Waals surface area (Å²) >= 11 is 0.